The molecule has 0 radical (unpaired) electrons. The maximum Gasteiger partial charge on any atom is 0.220 e. The third-order valence-corrected chi connectivity index (χ3v) is 3.13. The quantitative estimate of drug-likeness (QED) is 0.618. The first-order chi connectivity index (χ1) is 7.46. The molecule has 0 aliphatic carbocycles. The van der Waals surface area contributed by atoms with E-state index in [0.717, 1.165) is 12.8 Å². The maximum absolute atomic E-state index is 11.7. The van der Waals surface area contributed by atoms with Gasteiger partial charge in [0.25, 0.3) is 0 Å². The summed E-state index contributed by atoms with van der Waals surface area (Å²) in [6.45, 7) is 7.31. The van der Waals surface area contributed by atoms with Gasteiger partial charge in [0.2, 0.25) is 5.91 Å². The van der Waals surface area contributed by atoms with Crippen LogP contribution in [0.3, 0.4) is 0 Å². The molecule has 1 amide bonds. The van der Waals surface area contributed by atoms with Gasteiger partial charge < -0.3 is 15.8 Å². The normalized spacial score (nSPS) is 14.9. The van der Waals surface area contributed by atoms with E-state index in [2.05, 4.69) is 19.2 Å². The van der Waals surface area contributed by atoms with Crippen LogP contribution in [0.25, 0.3) is 0 Å². The monoisotopic (exact) mass is 230 g/mol. The lowest BCUT2D eigenvalue weighted by Gasteiger charge is -2.33. The van der Waals surface area contributed by atoms with Crippen molar-refractivity contribution in [3.05, 3.63) is 0 Å². The van der Waals surface area contributed by atoms with Crippen LogP contribution >= 0.6 is 0 Å². The number of carbonyl (C=O) groups is 1. The van der Waals surface area contributed by atoms with E-state index in [0.29, 0.717) is 25.5 Å². The number of carbonyl (C=O) groups excluding carboxylic acids is 1. The molecule has 1 atom stereocenters. The van der Waals surface area contributed by atoms with Crippen molar-refractivity contribution >= 4 is 5.91 Å². The van der Waals surface area contributed by atoms with Crippen LogP contribution < -0.4 is 11.1 Å². The second kappa shape index (κ2) is 7.63. The molecule has 0 aliphatic heterocycles. The number of unbranched alkanes of at least 4 members (excludes halogenated alkanes) is 1. The summed E-state index contributed by atoms with van der Waals surface area (Å²) in [7, 11) is 1.67. The molecular weight excluding hydrogens is 204 g/mol. The fraction of sp³-hybridized carbons (Fsp3) is 0.917. The van der Waals surface area contributed by atoms with Gasteiger partial charge >= 0.3 is 0 Å². The van der Waals surface area contributed by atoms with Gasteiger partial charge in [0.05, 0.1) is 5.54 Å². The van der Waals surface area contributed by atoms with E-state index in [-0.39, 0.29) is 11.4 Å². The zero-order chi connectivity index (χ0) is 12.6. The Bertz CT molecular complexity index is 207. The molecule has 4 heteroatoms. The highest BCUT2D eigenvalue weighted by Crippen LogP contribution is 2.15. The standard InChI is InChI=1S/C12H26N2O2/c1-10(2)12(3,9-13)14-11(15)7-5-6-8-16-4/h10H,5-9,13H2,1-4H3,(H,14,15). The topological polar surface area (TPSA) is 64.3 Å². The van der Waals surface area contributed by atoms with Crippen molar-refractivity contribution in [3.63, 3.8) is 0 Å². The van der Waals surface area contributed by atoms with Crippen LogP contribution in [-0.4, -0.2) is 31.7 Å². The summed E-state index contributed by atoms with van der Waals surface area (Å²) in [4.78, 5) is 11.7. The molecule has 0 bridgehead atoms. The van der Waals surface area contributed by atoms with Gasteiger partial charge in [0.15, 0.2) is 0 Å². The van der Waals surface area contributed by atoms with Crippen LogP contribution in [0.1, 0.15) is 40.0 Å². The molecule has 0 aromatic carbocycles. The van der Waals surface area contributed by atoms with Gasteiger partial charge in [-0.25, -0.2) is 0 Å². The molecule has 0 rings (SSSR count). The number of methoxy groups -OCH3 is 1. The van der Waals surface area contributed by atoms with Crippen LogP contribution in [0.15, 0.2) is 0 Å². The van der Waals surface area contributed by atoms with Gasteiger partial charge in [-0.2, -0.15) is 0 Å². The van der Waals surface area contributed by atoms with Gasteiger partial charge in [-0.05, 0) is 25.7 Å². The molecule has 3 N–H and O–H groups in total. The minimum Gasteiger partial charge on any atom is -0.385 e. The summed E-state index contributed by atoms with van der Waals surface area (Å²) < 4.78 is 4.93. The van der Waals surface area contributed by atoms with Crippen molar-refractivity contribution in [1.29, 1.82) is 0 Å². The second-order valence-corrected chi connectivity index (χ2v) is 4.77. The highest BCUT2D eigenvalue weighted by atomic mass is 16.5. The Morgan fingerprint density at radius 2 is 2.06 bits per heavy atom. The zero-order valence-electron chi connectivity index (χ0n) is 11.0. The van der Waals surface area contributed by atoms with Gasteiger partial charge in [-0.1, -0.05) is 13.8 Å². The molecule has 0 aliphatic rings. The average Bonchev–Trinajstić information content (AvgIpc) is 2.24. The fourth-order valence-corrected chi connectivity index (χ4v) is 1.34. The Balaban J connectivity index is 3.93. The Morgan fingerprint density at radius 1 is 1.44 bits per heavy atom. The predicted octanol–water partition coefficient (Wildman–Crippen LogP) is 1.29. The van der Waals surface area contributed by atoms with Crippen LogP contribution in [0.4, 0.5) is 0 Å². The molecule has 0 aromatic heterocycles. The largest absolute Gasteiger partial charge is 0.385 e. The van der Waals surface area contributed by atoms with Gasteiger partial charge in [-0.15, -0.1) is 0 Å². The highest BCUT2D eigenvalue weighted by Gasteiger charge is 2.27. The van der Waals surface area contributed by atoms with Gasteiger partial charge in [0, 0.05) is 26.7 Å². The van der Waals surface area contributed by atoms with E-state index in [1.54, 1.807) is 7.11 Å². The molecule has 0 aromatic rings. The number of ether oxygens (including phenoxy) is 1. The Kier molecular flexibility index (Phi) is 7.34. The molecule has 0 saturated heterocycles. The summed E-state index contributed by atoms with van der Waals surface area (Å²) >= 11 is 0. The van der Waals surface area contributed by atoms with Crippen molar-refractivity contribution in [2.75, 3.05) is 20.3 Å². The number of nitrogens with two attached hydrogens (primary N) is 1. The zero-order valence-corrected chi connectivity index (χ0v) is 11.0. The second-order valence-electron chi connectivity index (χ2n) is 4.77. The van der Waals surface area contributed by atoms with E-state index in [1.807, 2.05) is 6.92 Å². The maximum atomic E-state index is 11.7. The predicted molar refractivity (Wildman–Crippen MR) is 66.2 cm³/mol. The molecule has 96 valence electrons. The summed E-state index contributed by atoms with van der Waals surface area (Å²) in [5.41, 5.74) is 5.40. The average molecular weight is 230 g/mol. The summed E-state index contributed by atoms with van der Waals surface area (Å²) in [6, 6.07) is 0. The minimum atomic E-state index is -0.293. The van der Waals surface area contributed by atoms with Crippen LogP contribution in [-0.2, 0) is 9.53 Å². The van der Waals surface area contributed by atoms with Crippen molar-refractivity contribution in [1.82, 2.24) is 5.32 Å². The number of amides is 1. The smallest absolute Gasteiger partial charge is 0.220 e. The van der Waals surface area contributed by atoms with E-state index < -0.39 is 0 Å². The first kappa shape index (κ1) is 15.4. The van der Waals surface area contributed by atoms with Gasteiger partial charge in [0.1, 0.15) is 0 Å². The molecule has 0 saturated carbocycles. The van der Waals surface area contributed by atoms with Crippen LogP contribution in [0.5, 0.6) is 0 Å². The number of hydrogen-bond acceptors (Lipinski definition) is 3. The number of rotatable bonds is 8. The molecule has 0 fully saturated rings. The lowest BCUT2D eigenvalue weighted by Crippen LogP contribution is -2.54. The van der Waals surface area contributed by atoms with Crippen molar-refractivity contribution < 1.29 is 9.53 Å². The summed E-state index contributed by atoms with van der Waals surface area (Å²) in [6.07, 6.45) is 2.33. The Morgan fingerprint density at radius 3 is 2.50 bits per heavy atom. The van der Waals surface area contributed by atoms with Crippen LogP contribution in [0.2, 0.25) is 0 Å². The van der Waals surface area contributed by atoms with Crippen molar-refractivity contribution in [2.24, 2.45) is 11.7 Å². The molecule has 0 heterocycles. The molecular formula is C12H26N2O2. The minimum absolute atomic E-state index is 0.0813. The van der Waals surface area contributed by atoms with Crippen molar-refractivity contribution in [3.8, 4) is 0 Å². The lowest BCUT2D eigenvalue weighted by atomic mass is 9.88. The fourth-order valence-electron chi connectivity index (χ4n) is 1.34. The van der Waals surface area contributed by atoms with Crippen molar-refractivity contribution in [2.45, 2.75) is 45.6 Å². The third kappa shape index (κ3) is 5.47. The highest BCUT2D eigenvalue weighted by molar-refractivity contribution is 5.76. The number of hydrogen-bond donors (Lipinski definition) is 2. The van der Waals surface area contributed by atoms with E-state index in [1.165, 1.54) is 0 Å². The molecule has 1 unspecified atom stereocenters. The Hall–Kier alpha value is -0.610. The molecule has 0 spiro atoms. The van der Waals surface area contributed by atoms with E-state index in [4.69, 9.17) is 10.5 Å². The summed E-state index contributed by atoms with van der Waals surface area (Å²) in [5, 5.41) is 3.01. The first-order valence-corrected chi connectivity index (χ1v) is 5.96. The van der Waals surface area contributed by atoms with E-state index >= 15 is 0 Å². The Labute approximate surface area is 98.9 Å². The molecule has 16 heavy (non-hydrogen) atoms. The lowest BCUT2D eigenvalue weighted by molar-refractivity contribution is -0.123. The number of nitrogens with one attached hydrogen (secondary N) is 1. The summed E-state index contributed by atoms with van der Waals surface area (Å²) in [5.74, 6) is 0.415. The SMILES string of the molecule is COCCCCC(=O)NC(C)(CN)C(C)C. The first-order valence-electron chi connectivity index (χ1n) is 5.96. The van der Waals surface area contributed by atoms with Gasteiger partial charge in [-0.3, -0.25) is 4.79 Å². The third-order valence-electron chi connectivity index (χ3n) is 3.13. The van der Waals surface area contributed by atoms with Crippen LogP contribution in [0, 0.1) is 5.92 Å². The molecule has 4 nitrogen and oxygen atoms in total. The van der Waals surface area contributed by atoms with E-state index in [9.17, 15) is 4.79 Å².